The number of carbonyl (C=O) groups is 1. The summed E-state index contributed by atoms with van der Waals surface area (Å²) in [6.07, 6.45) is 9.23. The molecule has 2 nitrogen and oxygen atoms in total. The first-order valence-electron chi connectivity index (χ1n) is 7.55. The number of hydrogen-bond acceptors (Lipinski definition) is 2. The number of benzene rings is 1. The van der Waals surface area contributed by atoms with Crippen molar-refractivity contribution in [2.75, 3.05) is 7.11 Å². The Kier molecular flexibility index (Phi) is 8.59. The van der Waals surface area contributed by atoms with E-state index < -0.39 is 0 Å². The number of unbranched alkanes of at least 4 members (excludes halogenated alkanes) is 6. The van der Waals surface area contributed by atoms with Crippen molar-refractivity contribution in [3.05, 3.63) is 28.2 Å². The third kappa shape index (κ3) is 6.08. The molecule has 112 valence electrons. The van der Waals surface area contributed by atoms with Crippen molar-refractivity contribution in [1.29, 1.82) is 0 Å². The number of ether oxygens (including phenoxy) is 1. The summed E-state index contributed by atoms with van der Waals surface area (Å²) in [7, 11) is 1.62. The van der Waals surface area contributed by atoms with Crippen LogP contribution < -0.4 is 4.74 Å². The van der Waals surface area contributed by atoms with Crippen LogP contribution in [-0.4, -0.2) is 12.9 Å². The van der Waals surface area contributed by atoms with Gasteiger partial charge in [0.1, 0.15) is 5.75 Å². The molecule has 0 saturated carbocycles. The van der Waals surface area contributed by atoms with Crippen LogP contribution in [0.25, 0.3) is 0 Å². The van der Waals surface area contributed by atoms with E-state index >= 15 is 0 Å². The molecule has 0 aliphatic carbocycles. The number of hydrogen-bond donors (Lipinski definition) is 0. The van der Waals surface area contributed by atoms with Gasteiger partial charge in [-0.2, -0.15) is 0 Å². The molecule has 0 aliphatic heterocycles. The lowest BCUT2D eigenvalue weighted by molar-refractivity contribution is 0.0978. The predicted octanol–water partition coefficient (Wildman–Crippen LogP) is 5.78. The van der Waals surface area contributed by atoms with Crippen molar-refractivity contribution >= 4 is 21.7 Å². The van der Waals surface area contributed by atoms with Crippen LogP contribution in [0.2, 0.25) is 0 Å². The normalized spacial score (nSPS) is 10.6. The monoisotopic (exact) mass is 340 g/mol. The quantitative estimate of drug-likeness (QED) is 0.398. The summed E-state index contributed by atoms with van der Waals surface area (Å²) >= 11 is 3.43. The van der Waals surface area contributed by atoms with Crippen molar-refractivity contribution in [2.24, 2.45) is 0 Å². The molecule has 0 aliphatic rings. The first-order chi connectivity index (χ1) is 9.69. The Bertz CT molecular complexity index is 415. The van der Waals surface area contributed by atoms with Gasteiger partial charge in [0.05, 0.1) is 7.11 Å². The van der Waals surface area contributed by atoms with Crippen molar-refractivity contribution < 1.29 is 9.53 Å². The highest BCUT2D eigenvalue weighted by molar-refractivity contribution is 9.10. The molecule has 0 spiro atoms. The molecule has 0 aromatic heterocycles. The average molecular weight is 341 g/mol. The van der Waals surface area contributed by atoms with Crippen LogP contribution in [0.4, 0.5) is 0 Å². The van der Waals surface area contributed by atoms with Crippen molar-refractivity contribution in [3.63, 3.8) is 0 Å². The smallest absolute Gasteiger partial charge is 0.164 e. The Balaban J connectivity index is 2.32. The molecule has 1 aromatic rings. The average Bonchev–Trinajstić information content (AvgIpc) is 2.46. The molecule has 0 N–H and O–H groups in total. The molecule has 0 saturated heterocycles. The molecule has 0 amide bonds. The summed E-state index contributed by atoms with van der Waals surface area (Å²) in [5.41, 5.74) is 0.732. The van der Waals surface area contributed by atoms with Crippen LogP contribution in [0, 0.1) is 0 Å². The summed E-state index contributed by atoms with van der Waals surface area (Å²) in [4.78, 5) is 12.2. The van der Waals surface area contributed by atoms with Gasteiger partial charge in [0.2, 0.25) is 0 Å². The van der Waals surface area contributed by atoms with Gasteiger partial charge < -0.3 is 4.74 Å². The van der Waals surface area contributed by atoms with Crippen molar-refractivity contribution in [2.45, 2.75) is 58.3 Å². The van der Waals surface area contributed by atoms with Gasteiger partial charge in [0, 0.05) is 16.5 Å². The van der Waals surface area contributed by atoms with Gasteiger partial charge in [-0.25, -0.2) is 0 Å². The second-order valence-corrected chi connectivity index (χ2v) is 5.99. The first-order valence-corrected chi connectivity index (χ1v) is 8.35. The van der Waals surface area contributed by atoms with Gasteiger partial charge in [-0.05, 0) is 24.6 Å². The van der Waals surface area contributed by atoms with Gasteiger partial charge in [-0.3, -0.25) is 4.79 Å². The van der Waals surface area contributed by atoms with E-state index in [2.05, 4.69) is 22.9 Å². The van der Waals surface area contributed by atoms with E-state index in [0.29, 0.717) is 6.42 Å². The maximum atomic E-state index is 12.2. The highest BCUT2D eigenvalue weighted by atomic mass is 79.9. The topological polar surface area (TPSA) is 26.3 Å². The summed E-state index contributed by atoms with van der Waals surface area (Å²) in [6.45, 7) is 2.23. The highest BCUT2D eigenvalue weighted by Crippen LogP contribution is 2.24. The molecule has 0 bridgehead atoms. The molecule has 20 heavy (non-hydrogen) atoms. The van der Waals surface area contributed by atoms with Gasteiger partial charge in [-0.1, -0.05) is 61.4 Å². The van der Waals surface area contributed by atoms with Crippen LogP contribution in [0.15, 0.2) is 22.7 Å². The minimum Gasteiger partial charge on any atom is -0.497 e. The van der Waals surface area contributed by atoms with E-state index in [-0.39, 0.29) is 5.78 Å². The van der Waals surface area contributed by atoms with Crippen LogP contribution in [0.1, 0.15) is 68.6 Å². The molecule has 3 heteroatoms. The number of carbonyl (C=O) groups excluding carboxylic acids is 1. The lowest BCUT2D eigenvalue weighted by Crippen LogP contribution is -2.01. The fourth-order valence-electron chi connectivity index (χ4n) is 2.22. The van der Waals surface area contributed by atoms with E-state index in [9.17, 15) is 4.79 Å². The van der Waals surface area contributed by atoms with Gasteiger partial charge in [0.15, 0.2) is 5.78 Å². The highest BCUT2D eigenvalue weighted by Gasteiger charge is 2.11. The zero-order valence-corrected chi connectivity index (χ0v) is 14.2. The Morgan fingerprint density at radius 1 is 1.10 bits per heavy atom. The van der Waals surface area contributed by atoms with E-state index in [1.54, 1.807) is 7.11 Å². The SMILES string of the molecule is CCCCCCCCCC(=O)c1cc(OC)ccc1Br. The van der Waals surface area contributed by atoms with Gasteiger partial charge >= 0.3 is 0 Å². The van der Waals surface area contributed by atoms with E-state index in [0.717, 1.165) is 28.6 Å². The predicted molar refractivity (Wildman–Crippen MR) is 87.6 cm³/mol. The fraction of sp³-hybridized carbons (Fsp3) is 0.588. The molecular weight excluding hydrogens is 316 g/mol. The van der Waals surface area contributed by atoms with E-state index in [4.69, 9.17) is 4.74 Å². The van der Waals surface area contributed by atoms with Gasteiger partial charge in [0.25, 0.3) is 0 Å². The summed E-state index contributed by atoms with van der Waals surface area (Å²) in [5.74, 6) is 0.931. The summed E-state index contributed by atoms with van der Waals surface area (Å²) in [5, 5.41) is 0. The maximum Gasteiger partial charge on any atom is 0.164 e. The maximum absolute atomic E-state index is 12.2. The van der Waals surface area contributed by atoms with Crippen LogP contribution in [0.5, 0.6) is 5.75 Å². The number of methoxy groups -OCH3 is 1. The largest absolute Gasteiger partial charge is 0.497 e. The zero-order chi connectivity index (χ0) is 14.8. The van der Waals surface area contributed by atoms with E-state index in [1.807, 2.05) is 18.2 Å². The molecule has 1 aromatic carbocycles. The zero-order valence-electron chi connectivity index (χ0n) is 12.6. The molecular formula is C17H25BrO2. The minimum atomic E-state index is 0.198. The van der Waals surface area contributed by atoms with Crippen molar-refractivity contribution in [1.82, 2.24) is 0 Å². The molecule has 0 heterocycles. The lowest BCUT2D eigenvalue weighted by atomic mass is 10.0. The summed E-state index contributed by atoms with van der Waals surface area (Å²) < 4.78 is 6.02. The van der Waals surface area contributed by atoms with Crippen LogP contribution in [0.3, 0.4) is 0 Å². The van der Waals surface area contributed by atoms with E-state index in [1.165, 1.54) is 32.1 Å². The van der Waals surface area contributed by atoms with Crippen molar-refractivity contribution in [3.8, 4) is 5.75 Å². The first kappa shape index (κ1) is 17.2. The number of halogens is 1. The standard InChI is InChI=1S/C17H25BrO2/c1-3-4-5-6-7-8-9-10-17(19)15-13-14(20-2)11-12-16(15)18/h11-13H,3-10H2,1-2H3. The molecule has 0 atom stereocenters. The van der Waals surface area contributed by atoms with Crippen LogP contribution in [-0.2, 0) is 0 Å². The Labute approximate surface area is 131 Å². The molecule has 0 unspecified atom stereocenters. The number of rotatable bonds is 10. The third-order valence-corrected chi connectivity index (χ3v) is 4.17. The fourth-order valence-corrected chi connectivity index (χ4v) is 2.69. The third-order valence-electron chi connectivity index (χ3n) is 3.48. The lowest BCUT2D eigenvalue weighted by Gasteiger charge is -2.06. The summed E-state index contributed by atoms with van der Waals surface area (Å²) in [6, 6.07) is 5.54. The molecule has 0 radical (unpaired) electrons. The Morgan fingerprint density at radius 2 is 1.75 bits per heavy atom. The molecule has 1 rings (SSSR count). The van der Waals surface area contributed by atoms with Gasteiger partial charge in [-0.15, -0.1) is 0 Å². The van der Waals surface area contributed by atoms with Crippen LogP contribution >= 0.6 is 15.9 Å². The molecule has 0 fully saturated rings. The minimum absolute atomic E-state index is 0.198. The second-order valence-electron chi connectivity index (χ2n) is 5.14. The number of Topliss-reactive ketones (excluding diaryl/α,β-unsaturated/α-hetero) is 1. The second kappa shape index (κ2) is 9.98. The Hall–Kier alpha value is -0.830. The Morgan fingerprint density at radius 3 is 2.40 bits per heavy atom. The number of ketones is 1.